The molecule has 0 N–H and O–H groups in total. The Morgan fingerprint density at radius 2 is 1.38 bits per heavy atom. The number of hydrogen-bond donors (Lipinski definition) is 0. The molecular weight excluding hydrogens is 414 g/mol. The summed E-state index contributed by atoms with van der Waals surface area (Å²) in [7, 11) is -7.58. The summed E-state index contributed by atoms with van der Waals surface area (Å²) >= 11 is 0. The smallest absolute Gasteiger partial charge is 0.242 e. The topological polar surface area (TPSA) is 104 Å². The lowest BCUT2D eigenvalue weighted by atomic mass is 10.4. The maximum Gasteiger partial charge on any atom is 0.251 e. The van der Waals surface area contributed by atoms with Gasteiger partial charge in [0.2, 0.25) is 19.9 Å². The van der Waals surface area contributed by atoms with E-state index in [1.807, 2.05) is 0 Å². The standard InChI is InChI=1S/C18H25N5O4S2/c1-3-21(4-2)22-12-14-23(15-13-22)29(26,27)17-8-6-16(7-9-17)28(24,25)18-19-10-5-11-20-18/h5-11H,3-4,12-15H2,1-2H3. The molecule has 0 unspecified atom stereocenters. The van der Waals surface area contributed by atoms with Crippen molar-refractivity contribution >= 4 is 19.9 Å². The summed E-state index contributed by atoms with van der Waals surface area (Å²) in [5, 5.41) is 4.04. The molecule has 9 nitrogen and oxygen atoms in total. The minimum Gasteiger partial charge on any atom is -0.242 e. The molecule has 1 fully saturated rings. The Hall–Kier alpha value is -1.92. The highest BCUT2D eigenvalue weighted by atomic mass is 32.2. The van der Waals surface area contributed by atoms with Crippen molar-refractivity contribution in [1.82, 2.24) is 24.3 Å². The quantitative estimate of drug-likeness (QED) is 0.586. The number of sulfone groups is 1. The van der Waals surface area contributed by atoms with Crippen LogP contribution in [-0.2, 0) is 19.9 Å². The number of hydrazine groups is 1. The maximum absolute atomic E-state index is 13.0. The third-order valence-electron chi connectivity index (χ3n) is 4.90. The van der Waals surface area contributed by atoms with Gasteiger partial charge in [0.1, 0.15) is 0 Å². The Morgan fingerprint density at radius 3 is 1.90 bits per heavy atom. The van der Waals surface area contributed by atoms with Crippen LogP contribution in [0.2, 0.25) is 0 Å². The maximum atomic E-state index is 13.0. The van der Waals surface area contributed by atoms with Crippen LogP contribution in [0.25, 0.3) is 0 Å². The average molecular weight is 440 g/mol. The van der Waals surface area contributed by atoms with E-state index in [9.17, 15) is 16.8 Å². The van der Waals surface area contributed by atoms with E-state index in [4.69, 9.17) is 0 Å². The van der Waals surface area contributed by atoms with Crippen molar-refractivity contribution in [2.24, 2.45) is 0 Å². The lowest BCUT2D eigenvalue weighted by molar-refractivity contribution is -0.0377. The molecule has 0 radical (unpaired) electrons. The summed E-state index contributed by atoms with van der Waals surface area (Å²) in [4.78, 5) is 7.57. The van der Waals surface area contributed by atoms with Gasteiger partial charge in [0, 0.05) is 51.7 Å². The molecule has 0 spiro atoms. The van der Waals surface area contributed by atoms with Crippen molar-refractivity contribution in [3.63, 3.8) is 0 Å². The predicted molar refractivity (Wildman–Crippen MR) is 107 cm³/mol. The normalized spacial score (nSPS) is 16.9. The first kappa shape index (κ1) is 21.8. The Balaban J connectivity index is 1.76. The minimum absolute atomic E-state index is 0.0472. The van der Waals surface area contributed by atoms with Gasteiger partial charge < -0.3 is 0 Å². The molecule has 0 bridgehead atoms. The molecule has 11 heteroatoms. The highest BCUT2D eigenvalue weighted by molar-refractivity contribution is 7.91. The highest BCUT2D eigenvalue weighted by Gasteiger charge is 2.30. The van der Waals surface area contributed by atoms with Crippen molar-refractivity contribution < 1.29 is 16.8 Å². The third kappa shape index (κ3) is 4.48. The zero-order valence-corrected chi connectivity index (χ0v) is 18.1. The van der Waals surface area contributed by atoms with E-state index in [2.05, 4.69) is 33.8 Å². The molecule has 1 aliphatic rings. The minimum atomic E-state index is -3.89. The molecule has 0 saturated carbocycles. The van der Waals surface area contributed by atoms with E-state index < -0.39 is 19.9 Å². The zero-order valence-electron chi connectivity index (χ0n) is 16.5. The molecule has 2 heterocycles. The summed E-state index contributed by atoms with van der Waals surface area (Å²) < 4.78 is 52.5. The van der Waals surface area contributed by atoms with Gasteiger partial charge in [-0.25, -0.2) is 36.8 Å². The van der Waals surface area contributed by atoms with E-state index in [0.29, 0.717) is 26.2 Å². The Labute approximate surface area is 171 Å². The van der Waals surface area contributed by atoms with Gasteiger partial charge in [0.05, 0.1) is 9.79 Å². The molecular formula is C18H25N5O4S2. The van der Waals surface area contributed by atoms with Crippen LogP contribution in [0.15, 0.2) is 57.7 Å². The van der Waals surface area contributed by atoms with Crippen LogP contribution >= 0.6 is 0 Å². The fourth-order valence-electron chi connectivity index (χ4n) is 3.29. The molecule has 29 heavy (non-hydrogen) atoms. The molecule has 0 aliphatic carbocycles. The van der Waals surface area contributed by atoms with Gasteiger partial charge in [0.25, 0.3) is 5.16 Å². The summed E-state index contributed by atoms with van der Waals surface area (Å²) in [6, 6.07) is 6.73. The molecule has 1 aromatic heterocycles. The van der Waals surface area contributed by atoms with Crippen LogP contribution in [0, 0.1) is 0 Å². The molecule has 1 aliphatic heterocycles. The number of sulfonamides is 1. The van der Waals surface area contributed by atoms with Crippen molar-refractivity contribution in [3.8, 4) is 0 Å². The van der Waals surface area contributed by atoms with E-state index in [1.54, 1.807) is 0 Å². The van der Waals surface area contributed by atoms with Gasteiger partial charge in [-0.05, 0) is 30.3 Å². The van der Waals surface area contributed by atoms with Gasteiger partial charge in [0.15, 0.2) is 0 Å². The number of nitrogens with zero attached hydrogens (tertiary/aromatic N) is 5. The SMILES string of the molecule is CCN(CC)N1CCN(S(=O)(=O)c2ccc(S(=O)(=O)c3ncccn3)cc2)CC1. The van der Waals surface area contributed by atoms with Crippen LogP contribution < -0.4 is 0 Å². The van der Waals surface area contributed by atoms with Gasteiger partial charge in [-0.15, -0.1) is 0 Å². The Bertz CT molecular complexity index is 1020. The van der Waals surface area contributed by atoms with Crippen LogP contribution in [-0.4, -0.2) is 80.4 Å². The third-order valence-corrected chi connectivity index (χ3v) is 8.40. The Morgan fingerprint density at radius 1 is 0.862 bits per heavy atom. The second-order valence-corrected chi connectivity index (χ2v) is 10.3. The van der Waals surface area contributed by atoms with E-state index in [-0.39, 0.29) is 14.9 Å². The number of rotatable bonds is 7. The first-order chi connectivity index (χ1) is 13.8. The molecule has 1 aromatic carbocycles. The molecule has 0 amide bonds. The summed E-state index contributed by atoms with van der Waals surface area (Å²) in [6.45, 7) is 7.92. The second kappa shape index (κ2) is 8.84. The summed E-state index contributed by atoms with van der Waals surface area (Å²) in [6.07, 6.45) is 2.69. The highest BCUT2D eigenvalue weighted by Crippen LogP contribution is 2.22. The second-order valence-electron chi connectivity index (χ2n) is 6.50. The van der Waals surface area contributed by atoms with Crippen LogP contribution in [0.5, 0.6) is 0 Å². The fraction of sp³-hybridized carbons (Fsp3) is 0.444. The van der Waals surface area contributed by atoms with Crippen molar-refractivity contribution in [2.45, 2.75) is 28.8 Å². The molecule has 3 rings (SSSR count). The van der Waals surface area contributed by atoms with Crippen molar-refractivity contribution in [2.75, 3.05) is 39.3 Å². The van der Waals surface area contributed by atoms with Gasteiger partial charge in [-0.1, -0.05) is 13.8 Å². The van der Waals surface area contributed by atoms with Crippen LogP contribution in [0.4, 0.5) is 0 Å². The lowest BCUT2D eigenvalue weighted by Gasteiger charge is -2.39. The Kier molecular flexibility index (Phi) is 6.64. The molecule has 158 valence electrons. The first-order valence-corrected chi connectivity index (χ1v) is 12.3. The van der Waals surface area contributed by atoms with E-state index in [0.717, 1.165) is 13.1 Å². The van der Waals surface area contributed by atoms with Crippen LogP contribution in [0.1, 0.15) is 13.8 Å². The zero-order chi connectivity index (χ0) is 21.1. The number of aromatic nitrogens is 2. The number of piperazine rings is 1. The molecule has 0 atom stereocenters. The van der Waals surface area contributed by atoms with Crippen LogP contribution in [0.3, 0.4) is 0 Å². The summed E-state index contributed by atoms with van der Waals surface area (Å²) in [5.74, 6) is 0. The average Bonchev–Trinajstić information content (AvgIpc) is 2.76. The monoisotopic (exact) mass is 439 g/mol. The molecule has 2 aromatic rings. The lowest BCUT2D eigenvalue weighted by Crippen LogP contribution is -2.54. The van der Waals surface area contributed by atoms with Crippen molar-refractivity contribution in [1.29, 1.82) is 0 Å². The van der Waals surface area contributed by atoms with Gasteiger partial charge in [-0.3, -0.25) is 0 Å². The van der Waals surface area contributed by atoms with Gasteiger partial charge in [-0.2, -0.15) is 4.31 Å². The number of benzene rings is 1. The first-order valence-electron chi connectivity index (χ1n) is 9.42. The van der Waals surface area contributed by atoms with Gasteiger partial charge >= 0.3 is 0 Å². The largest absolute Gasteiger partial charge is 0.251 e. The molecule has 1 saturated heterocycles. The fourth-order valence-corrected chi connectivity index (χ4v) is 5.82. The number of hydrogen-bond acceptors (Lipinski definition) is 8. The summed E-state index contributed by atoms with van der Waals surface area (Å²) in [5.41, 5.74) is 0. The predicted octanol–water partition coefficient (Wildman–Crippen LogP) is 0.872. The van der Waals surface area contributed by atoms with E-state index >= 15 is 0 Å². The van der Waals surface area contributed by atoms with E-state index in [1.165, 1.54) is 47.0 Å². The van der Waals surface area contributed by atoms with Crippen molar-refractivity contribution in [3.05, 3.63) is 42.7 Å².